The summed E-state index contributed by atoms with van der Waals surface area (Å²) in [5.41, 5.74) is 1.05. The van der Waals surface area contributed by atoms with Crippen molar-refractivity contribution in [3.8, 4) is 23.3 Å². The van der Waals surface area contributed by atoms with Crippen LogP contribution in [0.3, 0.4) is 0 Å². The van der Waals surface area contributed by atoms with Crippen molar-refractivity contribution in [3.05, 3.63) is 70.1 Å². The molecular formula is C16H10N4O4. The van der Waals surface area contributed by atoms with E-state index in [1.54, 1.807) is 24.3 Å². The number of benzene rings is 2. The number of hydrogen-bond donors (Lipinski definition) is 0. The molecule has 0 fully saturated rings. The number of nitro benzene ring substituents is 1. The maximum Gasteiger partial charge on any atom is 0.269 e. The van der Waals surface area contributed by atoms with Gasteiger partial charge in [-0.05, 0) is 30.3 Å². The molecule has 2 aromatic carbocycles. The van der Waals surface area contributed by atoms with Crippen LogP contribution in [0.2, 0.25) is 0 Å². The van der Waals surface area contributed by atoms with E-state index in [1.807, 2.05) is 6.07 Å². The zero-order chi connectivity index (χ0) is 16.9. The molecule has 0 N–H and O–H groups in total. The third-order valence-electron chi connectivity index (χ3n) is 3.12. The van der Waals surface area contributed by atoms with Gasteiger partial charge in [-0.2, -0.15) is 5.26 Å². The van der Waals surface area contributed by atoms with Gasteiger partial charge in [-0.15, -0.1) is 10.2 Å². The SMILES string of the molecule is N#Cc1cccc(OCc2nnc(-c3ccc([N+](=O)[O-])cc3)o2)c1. The summed E-state index contributed by atoms with van der Waals surface area (Å²) in [6, 6.07) is 14.5. The Labute approximate surface area is 136 Å². The minimum atomic E-state index is -0.480. The fourth-order valence-corrected chi connectivity index (χ4v) is 1.95. The standard InChI is InChI=1S/C16H10N4O4/c17-9-11-2-1-3-14(8-11)23-10-15-18-19-16(24-15)12-4-6-13(7-5-12)20(21)22/h1-8H,10H2. The number of rotatable bonds is 5. The Hall–Kier alpha value is -3.73. The van der Waals surface area contributed by atoms with E-state index in [1.165, 1.54) is 24.3 Å². The van der Waals surface area contributed by atoms with Crippen LogP contribution in [0.15, 0.2) is 52.9 Å². The lowest BCUT2D eigenvalue weighted by Crippen LogP contribution is -1.95. The van der Waals surface area contributed by atoms with Crippen LogP contribution in [0.25, 0.3) is 11.5 Å². The monoisotopic (exact) mass is 322 g/mol. The molecule has 3 rings (SSSR count). The molecule has 118 valence electrons. The van der Waals surface area contributed by atoms with Crippen molar-refractivity contribution in [1.82, 2.24) is 10.2 Å². The normalized spacial score (nSPS) is 10.1. The number of non-ortho nitro benzene ring substituents is 1. The molecule has 0 radical (unpaired) electrons. The molecular weight excluding hydrogens is 312 g/mol. The van der Waals surface area contributed by atoms with E-state index in [9.17, 15) is 10.1 Å². The summed E-state index contributed by atoms with van der Waals surface area (Å²) < 4.78 is 11.0. The van der Waals surface area contributed by atoms with Gasteiger partial charge < -0.3 is 9.15 Å². The van der Waals surface area contributed by atoms with Crippen molar-refractivity contribution in [3.63, 3.8) is 0 Å². The van der Waals surface area contributed by atoms with Gasteiger partial charge in [0.25, 0.3) is 11.6 Å². The van der Waals surface area contributed by atoms with Crippen molar-refractivity contribution in [2.24, 2.45) is 0 Å². The molecule has 0 saturated heterocycles. The molecule has 0 atom stereocenters. The van der Waals surface area contributed by atoms with E-state index in [4.69, 9.17) is 14.4 Å². The zero-order valence-electron chi connectivity index (χ0n) is 12.2. The van der Waals surface area contributed by atoms with E-state index in [0.717, 1.165) is 0 Å². The van der Waals surface area contributed by atoms with Crippen LogP contribution in [-0.2, 0) is 6.61 Å². The van der Waals surface area contributed by atoms with E-state index in [-0.39, 0.29) is 24.1 Å². The Kier molecular flexibility index (Phi) is 4.16. The first-order chi connectivity index (χ1) is 11.7. The molecule has 8 heteroatoms. The Morgan fingerprint density at radius 1 is 1.21 bits per heavy atom. The highest BCUT2D eigenvalue weighted by molar-refractivity contribution is 5.55. The smallest absolute Gasteiger partial charge is 0.269 e. The fraction of sp³-hybridized carbons (Fsp3) is 0.0625. The minimum absolute atomic E-state index is 0.0146. The number of nitrogens with zero attached hydrogens (tertiary/aromatic N) is 4. The summed E-state index contributed by atoms with van der Waals surface area (Å²) in [7, 11) is 0. The highest BCUT2D eigenvalue weighted by Crippen LogP contribution is 2.22. The summed E-state index contributed by atoms with van der Waals surface area (Å²) in [6.07, 6.45) is 0. The van der Waals surface area contributed by atoms with Crippen molar-refractivity contribution in [2.75, 3.05) is 0 Å². The molecule has 0 spiro atoms. The van der Waals surface area contributed by atoms with E-state index in [0.29, 0.717) is 16.9 Å². The molecule has 0 amide bonds. The maximum absolute atomic E-state index is 10.6. The molecule has 0 aliphatic heterocycles. The van der Waals surface area contributed by atoms with Gasteiger partial charge in [0.05, 0.1) is 16.6 Å². The number of aromatic nitrogens is 2. The van der Waals surface area contributed by atoms with E-state index >= 15 is 0 Å². The van der Waals surface area contributed by atoms with Gasteiger partial charge in [-0.3, -0.25) is 10.1 Å². The molecule has 1 heterocycles. The van der Waals surface area contributed by atoms with Crippen LogP contribution >= 0.6 is 0 Å². The van der Waals surface area contributed by atoms with Crippen LogP contribution in [0.4, 0.5) is 5.69 Å². The second-order valence-electron chi connectivity index (χ2n) is 4.73. The summed E-state index contributed by atoms with van der Waals surface area (Å²) >= 11 is 0. The second kappa shape index (κ2) is 6.58. The minimum Gasteiger partial charge on any atom is -0.484 e. The van der Waals surface area contributed by atoms with E-state index in [2.05, 4.69) is 10.2 Å². The van der Waals surface area contributed by atoms with Crippen LogP contribution < -0.4 is 4.74 Å². The highest BCUT2D eigenvalue weighted by atomic mass is 16.6. The molecule has 1 aromatic heterocycles. The van der Waals surface area contributed by atoms with Crippen LogP contribution in [0.1, 0.15) is 11.5 Å². The van der Waals surface area contributed by atoms with Crippen LogP contribution in [-0.4, -0.2) is 15.1 Å². The van der Waals surface area contributed by atoms with Crippen molar-refractivity contribution >= 4 is 5.69 Å². The number of hydrogen-bond acceptors (Lipinski definition) is 7. The number of ether oxygens (including phenoxy) is 1. The predicted molar refractivity (Wildman–Crippen MR) is 81.9 cm³/mol. The van der Waals surface area contributed by atoms with Gasteiger partial charge in [0.1, 0.15) is 5.75 Å². The second-order valence-corrected chi connectivity index (χ2v) is 4.73. The van der Waals surface area contributed by atoms with Gasteiger partial charge in [0, 0.05) is 17.7 Å². The van der Waals surface area contributed by atoms with Crippen LogP contribution in [0.5, 0.6) is 5.75 Å². The van der Waals surface area contributed by atoms with Gasteiger partial charge in [-0.1, -0.05) is 6.07 Å². The van der Waals surface area contributed by atoms with Crippen molar-refractivity contribution in [1.29, 1.82) is 5.26 Å². The predicted octanol–water partition coefficient (Wildman–Crippen LogP) is 3.10. The van der Waals surface area contributed by atoms with Gasteiger partial charge >= 0.3 is 0 Å². The quantitative estimate of drug-likeness (QED) is 0.523. The Morgan fingerprint density at radius 3 is 2.71 bits per heavy atom. The molecule has 24 heavy (non-hydrogen) atoms. The Morgan fingerprint density at radius 2 is 2.00 bits per heavy atom. The van der Waals surface area contributed by atoms with Gasteiger partial charge in [0.2, 0.25) is 5.89 Å². The number of nitriles is 1. The molecule has 0 bridgehead atoms. The zero-order valence-corrected chi connectivity index (χ0v) is 12.2. The highest BCUT2D eigenvalue weighted by Gasteiger charge is 2.11. The first-order valence-electron chi connectivity index (χ1n) is 6.86. The fourth-order valence-electron chi connectivity index (χ4n) is 1.95. The first-order valence-corrected chi connectivity index (χ1v) is 6.86. The summed E-state index contributed by atoms with van der Waals surface area (Å²) in [5.74, 6) is 1.02. The molecule has 0 saturated carbocycles. The average Bonchev–Trinajstić information content (AvgIpc) is 3.09. The molecule has 3 aromatic rings. The lowest BCUT2D eigenvalue weighted by atomic mass is 10.2. The summed E-state index contributed by atoms with van der Waals surface area (Å²) in [6.45, 7) is 0.0505. The largest absolute Gasteiger partial charge is 0.484 e. The van der Waals surface area contributed by atoms with Gasteiger partial charge in [0.15, 0.2) is 6.61 Å². The number of nitro groups is 1. The Bertz CT molecular complexity index is 912. The van der Waals surface area contributed by atoms with Crippen molar-refractivity contribution in [2.45, 2.75) is 6.61 Å². The lowest BCUT2D eigenvalue weighted by Gasteiger charge is -2.02. The topological polar surface area (TPSA) is 115 Å². The molecule has 0 aliphatic rings. The molecule has 0 aliphatic carbocycles. The van der Waals surface area contributed by atoms with Crippen LogP contribution in [0, 0.1) is 21.4 Å². The summed E-state index contributed by atoms with van der Waals surface area (Å²) in [4.78, 5) is 10.2. The lowest BCUT2D eigenvalue weighted by molar-refractivity contribution is -0.384. The first kappa shape index (κ1) is 15.2. The van der Waals surface area contributed by atoms with Crippen molar-refractivity contribution < 1.29 is 14.1 Å². The third kappa shape index (κ3) is 3.36. The van der Waals surface area contributed by atoms with Gasteiger partial charge in [-0.25, -0.2) is 0 Å². The molecule has 8 nitrogen and oxygen atoms in total. The van der Waals surface area contributed by atoms with E-state index < -0.39 is 4.92 Å². The third-order valence-corrected chi connectivity index (χ3v) is 3.12. The Balaban J connectivity index is 1.69. The summed E-state index contributed by atoms with van der Waals surface area (Å²) in [5, 5.41) is 27.2. The average molecular weight is 322 g/mol. The maximum atomic E-state index is 10.6. The molecule has 0 unspecified atom stereocenters.